The highest BCUT2D eigenvalue weighted by atomic mass is 15.4. The smallest absolute Gasteiger partial charge is 0.247 e. The lowest BCUT2D eigenvalue weighted by atomic mass is 10.1. The minimum Gasteiger partial charge on any atom is -0.340 e. The molecule has 0 saturated carbocycles. The second-order valence-electron chi connectivity index (χ2n) is 5.34. The van der Waals surface area contributed by atoms with E-state index in [0.29, 0.717) is 12.0 Å². The second kappa shape index (κ2) is 5.68. The van der Waals surface area contributed by atoms with E-state index < -0.39 is 0 Å². The largest absolute Gasteiger partial charge is 0.340 e. The van der Waals surface area contributed by atoms with Crippen molar-refractivity contribution in [2.75, 3.05) is 22.9 Å². The quantitative estimate of drug-likeness (QED) is 0.863. The summed E-state index contributed by atoms with van der Waals surface area (Å²) in [5.74, 6) is 1.58. The Morgan fingerprint density at radius 2 is 2.00 bits per heavy atom. The first kappa shape index (κ1) is 13.8. The van der Waals surface area contributed by atoms with E-state index in [4.69, 9.17) is 4.98 Å². The average molecular weight is 283 g/mol. The van der Waals surface area contributed by atoms with Crippen LogP contribution in [-0.4, -0.2) is 34.3 Å². The van der Waals surface area contributed by atoms with Gasteiger partial charge in [0.2, 0.25) is 5.95 Å². The molecule has 1 atom stereocenters. The van der Waals surface area contributed by atoms with E-state index in [9.17, 15) is 0 Å². The molecule has 0 amide bonds. The van der Waals surface area contributed by atoms with Crippen molar-refractivity contribution in [2.45, 2.75) is 33.2 Å². The highest BCUT2D eigenvalue weighted by Gasteiger charge is 2.28. The highest BCUT2D eigenvalue weighted by molar-refractivity contribution is 5.68. The zero-order valence-corrected chi connectivity index (χ0v) is 12.8. The summed E-state index contributed by atoms with van der Waals surface area (Å²) in [6, 6.07) is 8.89. The Kier molecular flexibility index (Phi) is 3.73. The van der Waals surface area contributed by atoms with E-state index in [-0.39, 0.29) is 0 Å². The van der Waals surface area contributed by atoms with Crippen molar-refractivity contribution in [3.63, 3.8) is 0 Å². The van der Waals surface area contributed by atoms with Crippen LogP contribution in [0.4, 0.5) is 17.5 Å². The number of nitrogens with zero attached hydrogens (tertiary/aromatic N) is 5. The van der Waals surface area contributed by atoms with E-state index in [2.05, 4.69) is 65.0 Å². The summed E-state index contributed by atoms with van der Waals surface area (Å²) < 4.78 is 0. The number of fused-ring (bicyclic) bond motifs is 1. The normalized spacial score (nSPS) is 16.9. The predicted octanol–water partition coefficient (Wildman–Crippen LogP) is 2.80. The third kappa shape index (κ3) is 2.44. The molecular formula is C16H21N5. The minimum atomic E-state index is 0.392. The Bertz CT molecular complexity index is 624. The topological polar surface area (TPSA) is 45.2 Å². The lowest BCUT2D eigenvalue weighted by Crippen LogP contribution is -2.28. The van der Waals surface area contributed by atoms with Crippen LogP contribution in [0, 0.1) is 0 Å². The van der Waals surface area contributed by atoms with Gasteiger partial charge in [0.25, 0.3) is 0 Å². The molecule has 5 heteroatoms. The maximum atomic E-state index is 4.72. The van der Waals surface area contributed by atoms with Crippen LogP contribution in [0.15, 0.2) is 30.5 Å². The number of hydrogen-bond donors (Lipinski definition) is 0. The maximum Gasteiger partial charge on any atom is 0.247 e. The summed E-state index contributed by atoms with van der Waals surface area (Å²) >= 11 is 0. The Morgan fingerprint density at radius 3 is 2.76 bits per heavy atom. The van der Waals surface area contributed by atoms with Gasteiger partial charge < -0.3 is 9.80 Å². The Labute approximate surface area is 125 Å². The van der Waals surface area contributed by atoms with Gasteiger partial charge in [-0.2, -0.15) is 10.1 Å². The molecule has 1 aromatic heterocycles. The fourth-order valence-electron chi connectivity index (χ4n) is 2.96. The van der Waals surface area contributed by atoms with Crippen molar-refractivity contribution in [1.29, 1.82) is 0 Å². The van der Waals surface area contributed by atoms with Crippen molar-refractivity contribution in [3.05, 3.63) is 36.0 Å². The first-order chi connectivity index (χ1) is 10.2. The Hall–Kier alpha value is -2.17. The zero-order valence-electron chi connectivity index (χ0n) is 12.8. The van der Waals surface area contributed by atoms with Crippen LogP contribution < -0.4 is 9.80 Å². The number of benzene rings is 1. The lowest BCUT2D eigenvalue weighted by molar-refractivity contribution is 0.734. The summed E-state index contributed by atoms with van der Waals surface area (Å²) in [6.07, 6.45) is 2.80. The molecule has 5 nitrogen and oxygen atoms in total. The van der Waals surface area contributed by atoms with Gasteiger partial charge in [-0.05, 0) is 38.8 Å². The first-order valence-electron chi connectivity index (χ1n) is 7.56. The predicted molar refractivity (Wildman–Crippen MR) is 85.1 cm³/mol. The molecule has 1 unspecified atom stereocenters. The maximum absolute atomic E-state index is 4.72. The van der Waals surface area contributed by atoms with Gasteiger partial charge in [0.15, 0.2) is 5.82 Å². The standard InChI is InChI=1S/C16H21N5/c1-4-20(5-2)16-18-15(11-17-19-16)21-12(3)10-13-8-6-7-9-14(13)21/h6-9,11-12H,4-5,10H2,1-3H3. The van der Waals surface area contributed by atoms with Crippen LogP contribution in [0.3, 0.4) is 0 Å². The number of para-hydroxylation sites is 1. The molecular weight excluding hydrogens is 262 g/mol. The van der Waals surface area contributed by atoms with Gasteiger partial charge >= 0.3 is 0 Å². The van der Waals surface area contributed by atoms with Crippen LogP contribution in [-0.2, 0) is 6.42 Å². The molecule has 1 aliphatic heterocycles. The van der Waals surface area contributed by atoms with Crippen molar-refractivity contribution < 1.29 is 0 Å². The zero-order chi connectivity index (χ0) is 14.8. The molecule has 0 bridgehead atoms. The minimum absolute atomic E-state index is 0.392. The van der Waals surface area contributed by atoms with Gasteiger partial charge in [0.05, 0.1) is 6.20 Å². The van der Waals surface area contributed by atoms with Crippen molar-refractivity contribution in [1.82, 2.24) is 15.2 Å². The molecule has 2 aromatic rings. The van der Waals surface area contributed by atoms with Crippen LogP contribution in [0.1, 0.15) is 26.3 Å². The van der Waals surface area contributed by atoms with E-state index in [0.717, 1.165) is 25.3 Å². The molecule has 110 valence electrons. The van der Waals surface area contributed by atoms with Crippen LogP contribution in [0.25, 0.3) is 0 Å². The second-order valence-corrected chi connectivity index (χ2v) is 5.34. The fourth-order valence-corrected chi connectivity index (χ4v) is 2.96. The fraction of sp³-hybridized carbons (Fsp3) is 0.438. The Balaban J connectivity index is 1.99. The van der Waals surface area contributed by atoms with Gasteiger partial charge in [-0.1, -0.05) is 18.2 Å². The number of hydrogen-bond acceptors (Lipinski definition) is 5. The third-order valence-corrected chi connectivity index (χ3v) is 4.04. The lowest BCUT2D eigenvalue weighted by Gasteiger charge is -2.25. The molecule has 0 aliphatic carbocycles. The molecule has 1 aliphatic rings. The van der Waals surface area contributed by atoms with Crippen molar-refractivity contribution in [3.8, 4) is 0 Å². The van der Waals surface area contributed by atoms with Gasteiger partial charge in [0.1, 0.15) is 0 Å². The van der Waals surface area contributed by atoms with Crippen LogP contribution in [0.2, 0.25) is 0 Å². The van der Waals surface area contributed by atoms with E-state index in [1.54, 1.807) is 6.20 Å². The third-order valence-electron chi connectivity index (χ3n) is 4.04. The van der Waals surface area contributed by atoms with Crippen LogP contribution >= 0.6 is 0 Å². The molecule has 0 fully saturated rings. The SMILES string of the molecule is CCN(CC)c1nncc(N2c3ccccc3CC2C)n1. The van der Waals surface area contributed by atoms with Crippen molar-refractivity contribution >= 4 is 17.5 Å². The Morgan fingerprint density at radius 1 is 1.24 bits per heavy atom. The molecule has 3 rings (SSSR count). The molecule has 0 N–H and O–H groups in total. The number of anilines is 3. The summed E-state index contributed by atoms with van der Waals surface area (Å²) in [6.45, 7) is 8.20. The highest BCUT2D eigenvalue weighted by Crippen LogP contribution is 2.37. The summed E-state index contributed by atoms with van der Waals surface area (Å²) in [5, 5.41) is 8.33. The first-order valence-corrected chi connectivity index (χ1v) is 7.56. The summed E-state index contributed by atoms with van der Waals surface area (Å²) in [4.78, 5) is 9.10. The molecule has 0 radical (unpaired) electrons. The van der Waals surface area contributed by atoms with Gasteiger partial charge in [-0.25, -0.2) is 0 Å². The monoisotopic (exact) mass is 283 g/mol. The van der Waals surface area contributed by atoms with Gasteiger partial charge in [0, 0.05) is 24.8 Å². The number of aromatic nitrogens is 3. The van der Waals surface area contributed by atoms with E-state index >= 15 is 0 Å². The van der Waals surface area contributed by atoms with E-state index in [1.165, 1.54) is 11.3 Å². The van der Waals surface area contributed by atoms with E-state index in [1.807, 2.05) is 0 Å². The molecule has 1 aromatic carbocycles. The summed E-state index contributed by atoms with van der Waals surface area (Å²) in [5.41, 5.74) is 2.60. The summed E-state index contributed by atoms with van der Waals surface area (Å²) in [7, 11) is 0. The number of rotatable bonds is 4. The van der Waals surface area contributed by atoms with Gasteiger partial charge in [-0.3, -0.25) is 0 Å². The van der Waals surface area contributed by atoms with Crippen LogP contribution in [0.5, 0.6) is 0 Å². The molecule has 2 heterocycles. The average Bonchev–Trinajstić information content (AvgIpc) is 2.84. The van der Waals surface area contributed by atoms with Crippen molar-refractivity contribution in [2.24, 2.45) is 0 Å². The van der Waals surface area contributed by atoms with Gasteiger partial charge in [-0.15, -0.1) is 5.10 Å². The molecule has 21 heavy (non-hydrogen) atoms. The molecule has 0 spiro atoms. The molecule has 0 saturated heterocycles.